The maximum absolute atomic E-state index is 13.8. The highest BCUT2D eigenvalue weighted by atomic mass is 19.1. The fourth-order valence-corrected chi connectivity index (χ4v) is 3.25. The van der Waals surface area contributed by atoms with Crippen LogP contribution in [0.2, 0.25) is 0 Å². The van der Waals surface area contributed by atoms with Crippen LogP contribution >= 0.6 is 0 Å². The van der Waals surface area contributed by atoms with E-state index in [9.17, 15) is 8.78 Å². The van der Waals surface area contributed by atoms with Crippen LogP contribution in [0.15, 0.2) is 54.9 Å². The van der Waals surface area contributed by atoms with Crippen LogP contribution in [0.1, 0.15) is 13.8 Å². The van der Waals surface area contributed by atoms with Crippen molar-refractivity contribution in [2.75, 3.05) is 12.4 Å². The van der Waals surface area contributed by atoms with Crippen molar-refractivity contribution in [2.45, 2.75) is 19.9 Å². The lowest BCUT2D eigenvalue weighted by atomic mass is 10.0. The summed E-state index contributed by atoms with van der Waals surface area (Å²) < 4.78 is 33.2. The molecule has 0 amide bonds. The molecule has 152 valence electrons. The van der Waals surface area contributed by atoms with Gasteiger partial charge in [-0.15, -0.1) is 0 Å². The third-order valence-electron chi connectivity index (χ3n) is 4.53. The Bertz CT molecular complexity index is 1190. The number of nitrogens with zero attached hydrogens (tertiary/aromatic N) is 3. The summed E-state index contributed by atoms with van der Waals surface area (Å²) in [6.45, 7) is 4.00. The molecule has 0 fully saturated rings. The van der Waals surface area contributed by atoms with Crippen LogP contribution in [0.4, 0.5) is 14.6 Å². The van der Waals surface area contributed by atoms with E-state index in [1.807, 2.05) is 32.0 Å². The smallest absolute Gasteiger partial charge is 0.163 e. The fourth-order valence-electron chi connectivity index (χ4n) is 3.25. The van der Waals surface area contributed by atoms with Crippen LogP contribution in [0, 0.1) is 11.6 Å². The number of hydrogen-bond donors (Lipinski definition) is 1. The van der Waals surface area contributed by atoms with Gasteiger partial charge in [-0.1, -0.05) is 0 Å². The van der Waals surface area contributed by atoms with Gasteiger partial charge < -0.3 is 10.1 Å². The van der Waals surface area contributed by atoms with E-state index >= 15 is 0 Å². The molecular weight excluding hydrogens is 386 g/mol. The number of nitrogens with one attached hydrogen (secondary N) is 1. The largest absolute Gasteiger partial charge is 0.494 e. The SMILES string of the molecule is COc1cc(-c2cc(F)cc(F)c2)cc2c(NC(C)C)nc(-c3cccnc3)nc12. The first-order valence-electron chi connectivity index (χ1n) is 9.48. The summed E-state index contributed by atoms with van der Waals surface area (Å²) in [4.78, 5) is 13.5. The number of ether oxygens (including phenoxy) is 1. The Morgan fingerprint density at radius 1 is 0.933 bits per heavy atom. The predicted molar refractivity (Wildman–Crippen MR) is 113 cm³/mol. The third kappa shape index (κ3) is 3.91. The second kappa shape index (κ2) is 8.02. The van der Waals surface area contributed by atoms with E-state index in [4.69, 9.17) is 9.72 Å². The molecule has 0 bridgehead atoms. The van der Waals surface area contributed by atoms with Gasteiger partial charge >= 0.3 is 0 Å². The minimum absolute atomic E-state index is 0.103. The summed E-state index contributed by atoms with van der Waals surface area (Å²) in [5, 5.41) is 4.03. The van der Waals surface area contributed by atoms with Crippen molar-refractivity contribution >= 4 is 16.7 Å². The summed E-state index contributed by atoms with van der Waals surface area (Å²) >= 11 is 0. The van der Waals surface area contributed by atoms with Gasteiger partial charge in [0.25, 0.3) is 0 Å². The molecule has 0 aliphatic rings. The number of pyridine rings is 1. The third-order valence-corrected chi connectivity index (χ3v) is 4.53. The molecule has 7 heteroatoms. The zero-order valence-electron chi connectivity index (χ0n) is 16.8. The molecule has 0 unspecified atom stereocenters. The Kier molecular flexibility index (Phi) is 5.27. The Morgan fingerprint density at radius 3 is 2.30 bits per heavy atom. The molecule has 0 spiro atoms. The van der Waals surface area contributed by atoms with Crippen LogP contribution in [0.25, 0.3) is 33.4 Å². The van der Waals surface area contributed by atoms with E-state index in [-0.39, 0.29) is 6.04 Å². The fraction of sp³-hybridized carbons (Fsp3) is 0.174. The van der Waals surface area contributed by atoms with Gasteiger partial charge in [-0.05, 0) is 61.4 Å². The monoisotopic (exact) mass is 406 g/mol. The van der Waals surface area contributed by atoms with E-state index in [2.05, 4.69) is 15.3 Å². The highest BCUT2D eigenvalue weighted by molar-refractivity contribution is 5.98. The molecule has 2 aromatic carbocycles. The van der Waals surface area contributed by atoms with Gasteiger partial charge in [0.2, 0.25) is 0 Å². The van der Waals surface area contributed by atoms with Gasteiger partial charge in [0.1, 0.15) is 28.7 Å². The maximum atomic E-state index is 13.8. The minimum atomic E-state index is -0.646. The highest BCUT2D eigenvalue weighted by Crippen LogP contribution is 2.36. The van der Waals surface area contributed by atoms with Gasteiger partial charge in [0, 0.05) is 35.5 Å². The van der Waals surface area contributed by atoms with Crippen molar-refractivity contribution in [1.29, 1.82) is 0 Å². The molecule has 4 rings (SSSR count). The predicted octanol–water partition coefficient (Wildman–Crippen LogP) is 5.47. The van der Waals surface area contributed by atoms with Gasteiger partial charge in [-0.2, -0.15) is 0 Å². The van der Waals surface area contributed by atoms with Gasteiger partial charge in [0.15, 0.2) is 5.82 Å². The van der Waals surface area contributed by atoms with Gasteiger partial charge in [-0.3, -0.25) is 4.98 Å². The molecule has 0 aliphatic carbocycles. The number of benzene rings is 2. The van der Waals surface area contributed by atoms with Crippen LogP contribution in [-0.4, -0.2) is 28.1 Å². The number of aromatic nitrogens is 3. The van der Waals surface area contributed by atoms with E-state index in [1.54, 1.807) is 18.5 Å². The Hall–Kier alpha value is -3.61. The van der Waals surface area contributed by atoms with Crippen LogP contribution in [0.5, 0.6) is 5.75 Å². The first-order valence-corrected chi connectivity index (χ1v) is 9.48. The van der Waals surface area contributed by atoms with Crippen LogP contribution in [-0.2, 0) is 0 Å². The summed E-state index contributed by atoms with van der Waals surface area (Å²) in [6.07, 6.45) is 3.37. The summed E-state index contributed by atoms with van der Waals surface area (Å²) in [7, 11) is 1.53. The quantitative estimate of drug-likeness (QED) is 0.477. The zero-order valence-corrected chi connectivity index (χ0v) is 16.8. The van der Waals surface area contributed by atoms with E-state index < -0.39 is 11.6 Å². The first-order chi connectivity index (χ1) is 14.4. The van der Waals surface area contributed by atoms with Crippen molar-refractivity contribution < 1.29 is 13.5 Å². The topological polar surface area (TPSA) is 59.9 Å². The average Bonchev–Trinajstić information content (AvgIpc) is 2.72. The van der Waals surface area contributed by atoms with Gasteiger partial charge in [0.05, 0.1) is 7.11 Å². The summed E-state index contributed by atoms with van der Waals surface area (Å²) in [5.41, 5.74) is 2.36. The normalized spacial score (nSPS) is 11.1. The van der Waals surface area contributed by atoms with E-state index in [1.165, 1.54) is 19.2 Å². The summed E-state index contributed by atoms with van der Waals surface area (Å²) in [5.74, 6) is 0.291. The van der Waals surface area contributed by atoms with Crippen molar-refractivity contribution in [1.82, 2.24) is 15.0 Å². The Morgan fingerprint density at radius 2 is 1.67 bits per heavy atom. The first kappa shape index (κ1) is 19.7. The molecule has 4 aromatic rings. The maximum Gasteiger partial charge on any atom is 0.163 e. The number of anilines is 1. The van der Waals surface area contributed by atoms with Gasteiger partial charge in [-0.25, -0.2) is 18.7 Å². The Balaban J connectivity index is 1.99. The molecule has 2 aromatic heterocycles. The molecule has 30 heavy (non-hydrogen) atoms. The minimum Gasteiger partial charge on any atom is -0.494 e. The van der Waals surface area contributed by atoms with Crippen molar-refractivity contribution in [3.63, 3.8) is 0 Å². The van der Waals surface area contributed by atoms with Crippen molar-refractivity contribution in [2.24, 2.45) is 0 Å². The standard InChI is InChI=1S/C23H20F2N4O/c1-13(2)27-23-19-9-16(15-7-17(24)11-18(25)8-15)10-20(30-3)21(19)28-22(29-23)14-5-4-6-26-12-14/h4-13H,1-3H3,(H,27,28,29). The van der Waals surface area contributed by atoms with Crippen LogP contribution in [0.3, 0.4) is 0 Å². The molecular formula is C23H20F2N4O. The number of rotatable bonds is 5. The molecule has 5 nitrogen and oxygen atoms in total. The van der Waals surface area contributed by atoms with Crippen LogP contribution < -0.4 is 10.1 Å². The molecule has 0 radical (unpaired) electrons. The molecule has 0 saturated heterocycles. The highest BCUT2D eigenvalue weighted by Gasteiger charge is 2.16. The van der Waals surface area contributed by atoms with E-state index in [0.717, 1.165) is 11.6 Å². The lowest BCUT2D eigenvalue weighted by Crippen LogP contribution is -2.12. The molecule has 0 aliphatic heterocycles. The number of methoxy groups -OCH3 is 1. The second-order valence-corrected chi connectivity index (χ2v) is 7.17. The van der Waals surface area contributed by atoms with E-state index in [0.29, 0.717) is 39.4 Å². The lowest BCUT2D eigenvalue weighted by Gasteiger charge is -2.16. The lowest BCUT2D eigenvalue weighted by molar-refractivity contribution is 0.419. The average molecular weight is 406 g/mol. The summed E-state index contributed by atoms with van der Waals surface area (Å²) in [6, 6.07) is 10.7. The Labute approximate surface area is 172 Å². The molecule has 2 heterocycles. The van der Waals surface area contributed by atoms with Crippen molar-refractivity contribution in [3.05, 3.63) is 66.5 Å². The number of halogens is 2. The van der Waals surface area contributed by atoms with Crippen molar-refractivity contribution in [3.8, 4) is 28.3 Å². The number of hydrogen-bond acceptors (Lipinski definition) is 5. The molecule has 1 N–H and O–H groups in total. The second-order valence-electron chi connectivity index (χ2n) is 7.17. The molecule has 0 saturated carbocycles. The molecule has 0 atom stereocenters. The zero-order chi connectivity index (χ0) is 21.3. The number of fused-ring (bicyclic) bond motifs is 1.